The van der Waals surface area contributed by atoms with E-state index in [1.165, 1.54) is 18.4 Å². The van der Waals surface area contributed by atoms with Gasteiger partial charge in [0.15, 0.2) is 0 Å². The van der Waals surface area contributed by atoms with Gasteiger partial charge in [-0.2, -0.15) is 0 Å². The number of aliphatic hydroxyl groups is 1. The van der Waals surface area contributed by atoms with Crippen molar-refractivity contribution in [2.45, 2.75) is 45.6 Å². The smallest absolute Gasteiger partial charge is 0.311 e. The molecule has 0 fully saturated rings. The van der Waals surface area contributed by atoms with Crippen LogP contribution in [0.4, 0.5) is 0 Å². The predicted molar refractivity (Wildman–Crippen MR) is 71.6 cm³/mol. The number of hydrogen-bond donors (Lipinski definition) is 1. The molecule has 1 heterocycles. The third kappa shape index (κ3) is 3.29. The Morgan fingerprint density at radius 2 is 2.17 bits per heavy atom. The molecule has 0 saturated heterocycles. The number of methoxy groups -OCH3 is 1. The minimum absolute atomic E-state index is 0.0460. The Balaban J connectivity index is 2.93. The molecule has 5 heteroatoms. The summed E-state index contributed by atoms with van der Waals surface area (Å²) in [6.45, 7) is 8.06. The van der Waals surface area contributed by atoms with Crippen LogP contribution in [-0.2, 0) is 14.9 Å². The molecule has 0 bridgehead atoms. The molecule has 0 aromatic carbocycles. The second-order valence-corrected chi connectivity index (χ2v) is 6.17. The molecule has 0 aliphatic carbocycles. The molecule has 0 aliphatic heterocycles. The van der Waals surface area contributed by atoms with Crippen molar-refractivity contribution in [2.75, 3.05) is 7.11 Å². The van der Waals surface area contributed by atoms with Gasteiger partial charge in [0.25, 0.3) is 0 Å². The number of rotatable bonds is 4. The maximum absolute atomic E-state index is 11.6. The Bertz CT molecular complexity index is 409. The number of carbonyl (C=O) groups is 1. The van der Waals surface area contributed by atoms with E-state index in [4.69, 9.17) is 4.74 Å². The van der Waals surface area contributed by atoms with Gasteiger partial charge in [-0.3, -0.25) is 4.79 Å². The van der Waals surface area contributed by atoms with Crippen LogP contribution in [0.2, 0.25) is 0 Å². The minimum Gasteiger partial charge on any atom is -0.469 e. The van der Waals surface area contributed by atoms with Gasteiger partial charge in [0, 0.05) is 10.8 Å². The fraction of sp³-hybridized carbons (Fsp3) is 0.692. The van der Waals surface area contributed by atoms with Gasteiger partial charge >= 0.3 is 5.97 Å². The van der Waals surface area contributed by atoms with Crippen LogP contribution in [0.1, 0.15) is 50.9 Å². The van der Waals surface area contributed by atoms with Gasteiger partial charge < -0.3 is 9.84 Å². The topological polar surface area (TPSA) is 59.4 Å². The van der Waals surface area contributed by atoms with Crippen LogP contribution in [0.3, 0.4) is 0 Å². The van der Waals surface area contributed by atoms with Crippen LogP contribution in [-0.4, -0.2) is 23.2 Å². The number of carbonyl (C=O) groups excluding carboxylic acids is 1. The highest BCUT2D eigenvalue weighted by molar-refractivity contribution is 7.09. The average molecular weight is 271 g/mol. The van der Waals surface area contributed by atoms with E-state index in [0.29, 0.717) is 12.1 Å². The molecule has 0 amide bonds. The standard InChI is InChI=1S/C13H21NO3S/c1-6-8(11(16)17-5)10(15)9-7-18-12(14-9)13(2,3)4/h7-8,10,15H,6H2,1-5H3. The van der Waals surface area contributed by atoms with E-state index >= 15 is 0 Å². The Hall–Kier alpha value is -0.940. The molecule has 102 valence electrons. The molecular weight excluding hydrogens is 250 g/mol. The lowest BCUT2D eigenvalue weighted by atomic mass is 9.96. The van der Waals surface area contributed by atoms with Gasteiger partial charge in [-0.1, -0.05) is 27.7 Å². The largest absolute Gasteiger partial charge is 0.469 e. The lowest BCUT2D eigenvalue weighted by Gasteiger charge is -2.18. The van der Waals surface area contributed by atoms with Crippen molar-refractivity contribution in [3.63, 3.8) is 0 Å². The summed E-state index contributed by atoms with van der Waals surface area (Å²) in [5.41, 5.74) is 0.512. The quantitative estimate of drug-likeness (QED) is 0.855. The first-order chi connectivity index (χ1) is 8.31. The van der Waals surface area contributed by atoms with Crippen molar-refractivity contribution >= 4 is 17.3 Å². The molecule has 0 aliphatic rings. The monoisotopic (exact) mass is 271 g/mol. The molecule has 0 saturated carbocycles. The van der Waals surface area contributed by atoms with Gasteiger partial charge in [-0.25, -0.2) is 4.98 Å². The van der Waals surface area contributed by atoms with Crippen molar-refractivity contribution in [3.8, 4) is 0 Å². The normalized spacial score (nSPS) is 15.2. The molecule has 2 atom stereocenters. The first kappa shape index (κ1) is 15.1. The number of ether oxygens (including phenoxy) is 1. The summed E-state index contributed by atoms with van der Waals surface area (Å²) in [4.78, 5) is 16.0. The predicted octanol–water partition coefficient (Wildman–Crippen LogP) is 2.67. The fourth-order valence-electron chi connectivity index (χ4n) is 1.64. The van der Waals surface area contributed by atoms with E-state index in [0.717, 1.165) is 5.01 Å². The maximum atomic E-state index is 11.6. The van der Waals surface area contributed by atoms with Crippen molar-refractivity contribution in [1.82, 2.24) is 4.98 Å². The van der Waals surface area contributed by atoms with Crippen LogP contribution in [0, 0.1) is 5.92 Å². The highest BCUT2D eigenvalue weighted by Gasteiger charge is 2.30. The highest BCUT2D eigenvalue weighted by Crippen LogP contribution is 2.31. The Kier molecular flexibility index (Phi) is 4.87. The second-order valence-electron chi connectivity index (χ2n) is 5.31. The zero-order chi connectivity index (χ0) is 13.9. The Labute approximate surface area is 112 Å². The maximum Gasteiger partial charge on any atom is 0.311 e. The first-order valence-electron chi connectivity index (χ1n) is 6.03. The zero-order valence-corrected chi connectivity index (χ0v) is 12.4. The van der Waals surface area contributed by atoms with Crippen LogP contribution >= 0.6 is 11.3 Å². The summed E-state index contributed by atoms with van der Waals surface area (Å²) in [5.74, 6) is -0.944. The molecule has 0 spiro atoms. The average Bonchev–Trinajstić information content (AvgIpc) is 2.78. The van der Waals surface area contributed by atoms with Crippen LogP contribution in [0.5, 0.6) is 0 Å². The van der Waals surface area contributed by atoms with Gasteiger partial charge in [0.2, 0.25) is 0 Å². The lowest BCUT2D eigenvalue weighted by molar-refractivity contribution is -0.149. The van der Waals surface area contributed by atoms with Crippen molar-refractivity contribution in [3.05, 3.63) is 16.1 Å². The number of aromatic nitrogens is 1. The number of nitrogens with zero attached hydrogens (tertiary/aromatic N) is 1. The molecule has 1 rings (SSSR count). The van der Waals surface area contributed by atoms with Crippen LogP contribution < -0.4 is 0 Å². The van der Waals surface area contributed by atoms with Gasteiger partial charge in [-0.05, 0) is 6.42 Å². The molecule has 0 radical (unpaired) electrons. The molecular formula is C13H21NO3S. The van der Waals surface area contributed by atoms with Crippen molar-refractivity contribution in [2.24, 2.45) is 5.92 Å². The third-order valence-electron chi connectivity index (χ3n) is 2.79. The Morgan fingerprint density at radius 3 is 2.56 bits per heavy atom. The summed E-state index contributed by atoms with van der Waals surface area (Å²) < 4.78 is 4.70. The summed E-state index contributed by atoms with van der Waals surface area (Å²) in [5, 5.41) is 13.0. The fourth-order valence-corrected chi connectivity index (χ4v) is 2.58. The molecule has 18 heavy (non-hydrogen) atoms. The Morgan fingerprint density at radius 1 is 1.56 bits per heavy atom. The van der Waals surface area contributed by atoms with E-state index < -0.39 is 18.0 Å². The van der Waals surface area contributed by atoms with Crippen molar-refractivity contribution < 1.29 is 14.6 Å². The highest BCUT2D eigenvalue weighted by atomic mass is 32.1. The zero-order valence-electron chi connectivity index (χ0n) is 11.6. The molecule has 2 unspecified atom stereocenters. The molecule has 1 N–H and O–H groups in total. The number of aliphatic hydroxyl groups excluding tert-OH is 1. The molecule has 1 aromatic heterocycles. The van der Waals surface area contributed by atoms with E-state index in [1.807, 2.05) is 12.3 Å². The summed E-state index contributed by atoms with van der Waals surface area (Å²) >= 11 is 1.51. The van der Waals surface area contributed by atoms with Gasteiger partial charge in [0.05, 0.1) is 23.7 Å². The van der Waals surface area contributed by atoms with Crippen LogP contribution in [0.25, 0.3) is 0 Å². The third-order valence-corrected chi connectivity index (χ3v) is 4.08. The first-order valence-corrected chi connectivity index (χ1v) is 6.91. The van der Waals surface area contributed by atoms with E-state index in [-0.39, 0.29) is 5.41 Å². The molecule has 4 nitrogen and oxygen atoms in total. The summed E-state index contributed by atoms with van der Waals surface area (Å²) in [6, 6.07) is 0. The second kappa shape index (κ2) is 5.80. The van der Waals surface area contributed by atoms with E-state index in [1.54, 1.807) is 0 Å². The van der Waals surface area contributed by atoms with Gasteiger partial charge in [0.1, 0.15) is 6.10 Å². The van der Waals surface area contributed by atoms with Gasteiger partial charge in [-0.15, -0.1) is 11.3 Å². The lowest BCUT2D eigenvalue weighted by Crippen LogP contribution is -2.23. The van der Waals surface area contributed by atoms with Crippen LogP contribution in [0.15, 0.2) is 5.38 Å². The number of thiazole rings is 1. The van der Waals surface area contributed by atoms with E-state index in [9.17, 15) is 9.90 Å². The van der Waals surface area contributed by atoms with Crippen molar-refractivity contribution in [1.29, 1.82) is 0 Å². The summed E-state index contributed by atoms with van der Waals surface area (Å²) in [7, 11) is 1.33. The van der Waals surface area contributed by atoms with E-state index in [2.05, 4.69) is 25.8 Å². The summed E-state index contributed by atoms with van der Waals surface area (Å²) in [6.07, 6.45) is -0.370. The molecule has 1 aromatic rings. The number of esters is 1. The minimum atomic E-state index is -0.894. The number of hydrogen-bond acceptors (Lipinski definition) is 5. The SMILES string of the molecule is CCC(C(=O)OC)C(O)c1csc(C(C)(C)C)n1.